The maximum absolute atomic E-state index is 11.3. The monoisotopic (exact) mass is 417 g/mol. The van der Waals surface area contributed by atoms with Gasteiger partial charge in [-0.25, -0.2) is 5.48 Å². The lowest BCUT2D eigenvalue weighted by Crippen LogP contribution is -2.26. The number of hydrogen-bond donors (Lipinski definition) is 3. The van der Waals surface area contributed by atoms with Gasteiger partial charge in [0.2, 0.25) is 5.91 Å². The van der Waals surface area contributed by atoms with E-state index in [4.69, 9.17) is 5.21 Å². The van der Waals surface area contributed by atoms with Crippen molar-refractivity contribution < 1.29 is 10.0 Å². The topological polar surface area (TPSA) is 93.1 Å². The van der Waals surface area contributed by atoms with Gasteiger partial charge in [0.15, 0.2) is 0 Å². The third kappa shape index (κ3) is 4.83. The molecule has 2 aromatic carbocycles. The van der Waals surface area contributed by atoms with Crippen LogP contribution in [0.3, 0.4) is 0 Å². The molecule has 0 bridgehead atoms. The third-order valence-electron chi connectivity index (χ3n) is 5.49. The van der Waals surface area contributed by atoms with Gasteiger partial charge in [0.25, 0.3) is 0 Å². The first-order valence-corrected chi connectivity index (χ1v) is 10.5. The maximum atomic E-state index is 11.3. The maximum Gasteiger partial charge on any atom is 0.247 e. The molecule has 4 rings (SSSR count). The normalized spacial score (nSPS) is 15.9. The molecule has 2 heterocycles. The zero-order chi connectivity index (χ0) is 21.8. The molecule has 1 atom stereocenters. The van der Waals surface area contributed by atoms with Gasteiger partial charge in [0, 0.05) is 17.6 Å². The molecule has 7 nitrogen and oxygen atoms in total. The molecule has 1 aliphatic rings. The number of benzene rings is 2. The standard InChI is InChI=1S/C24H27N5O2/c1-16(2)24(29-15-20(26-28-29)10-11-23(30)27-31)22-14-19-9-8-18(13-21(19)25-22)12-17-6-4-3-5-7-17/h3-10,13-14,16,24-25,31H,11-12,15H2,1-2H3,(H,27,30)/b20-10-. The van der Waals surface area contributed by atoms with Gasteiger partial charge in [-0.15, -0.1) is 5.11 Å². The molecule has 7 heteroatoms. The van der Waals surface area contributed by atoms with Crippen molar-refractivity contribution in [2.45, 2.75) is 32.7 Å². The molecular formula is C24H27N5O2. The summed E-state index contributed by atoms with van der Waals surface area (Å²) in [5.74, 6) is -0.167. The smallest absolute Gasteiger partial charge is 0.247 e. The molecule has 1 aromatic heterocycles. The highest BCUT2D eigenvalue weighted by Crippen LogP contribution is 2.34. The zero-order valence-electron chi connectivity index (χ0n) is 17.7. The number of hydrogen-bond acceptors (Lipinski definition) is 5. The second-order valence-electron chi connectivity index (χ2n) is 8.22. The summed E-state index contributed by atoms with van der Waals surface area (Å²) in [5.41, 5.74) is 7.11. The van der Waals surface area contributed by atoms with E-state index < -0.39 is 5.91 Å². The molecule has 1 aliphatic heterocycles. The highest BCUT2D eigenvalue weighted by atomic mass is 16.5. The molecule has 31 heavy (non-hydrogen) atoms. The van der Waals surface area contributed by atoms with Crippen LogP contribution in [0.25, 0.3) is 10.9 Å². The summed E-state index contributed by atoms with van der Waals surface area (Å²) in [6.07, 6.45) is 2.66. The number of nitrogens with zero attached hydrogens (tertiary/aromatic N) is 3. The van der Waals surface area contributed by atoms with Crippen LogP contribution in [0.15, 0.2) is 76.7 Å². The lowest BCUT2D eigenvalue weighted by atomic mass is 10.00. The van der Waals surface area contributed by atoms with Crippen molar-refractivity contribution >= 4 is 16.8 Å². The fourth-order valence-corrected chi connectivity index (χ4v) is 4.02. The van der Waals surface area contributed by atoms with E-state index in [1.165, 1.54) is 16.5 Å². The van der Waals surface area contributed by atoms with Gasteiger partial charge < -0.3 is 4.98 Å². The first-order valence-electron chi connectivity index (χ1n) is 10.5. The van der Waals surface area contributed by atoms with Crippen molar-refractivity contribution in [3.63, 3.8) is 0 Å². The Hall–Kier alpha value is -3.45. The predicted molar refractivity (Wildman–Crippen MR) is 119 cm³/mol. The quantitative estimate of drug-likeness (QED) is 0.376. The average Bonchev–Trinajstić information content (AvgIpc) is 3.39. The summed E-state index contributed by atoms with van der Waals surface area (Å²) in [7, 11) is 0. The molecule has 0 spiro atoms. The summed E-state index contributed by atoms with van der Waals surface area (Å²) in [5, 5.41) is 20.3. The highest BCUT2D eigenvalue weighted by molar-refractivity contribution is 5.81. The van der Waals surface area contributed by atoms with E-state index in [2.05, 4.69) is 77.7 Å². The summed E-state index contributed by atoms with van der Waals surface area (Å²) >= 11 is 0. The minimum atomic E-state index is -0.469. The van der Waals surface area contributed by atoms with Gasteiger partial charge in [-0.3, -0.25) is 15.0 Å². The molecule has 1 amide bonds. The van der Waals surface area contributed by atoms with E-state index in [0.717, 1.165) is 23.3 Å². The molecule has 3 aromatic rings. The SMILES string of the molecule is CC(C)C(c1cc2ccc(Cc3ccccc3)cc2[nH]1)N1C/C(=C/CC(=O)NO)N=N1. The van der Waals surface area contributed by atoms with Crippen LogP contribution in [0, 0.1) is 5.92 Å². The second kappa shape index (κ2) is 9.14. The summed E-state index contributed by atoms with van der Waals surface area (Å²) < 4.78 is 0. The first-order chi connectivity index (χ1) is 15.0. The number of rotatable bonds is 7. The van der Waals surface area contributed by atoms with Crippen molar-refractivity contribution in [3.05, 3.63) is 83.2 Å². The number of aromatic amines is 1. The molecule has 0 radical (unpaired) electrons. The van der Waals surface area contributed by atoms with E-state index in [9.17, 15) is 4.79 Å². The van der Waals surface area contributed by atoms with E-state index >= 15 is 0 Å². The number of hydroxylamine groups is 1. The van der Waals surface area contributed by atoms with Gasteiger partial charge in [-0.05, 0) is 47.1 Å². The Balaban J connectivity index is 1.54. The number of aromatic nitrogens is 1. The second-order valence-corrected chi connectivity index (χ2v) is 8.22. The van der Waals surface area contributed by atoms with Crippen LogP contribution in [-0.4, -0.2) is 27.7 Å². The lowest BCUT2D eigenvalue weighted by molar-refractivity contribution is -0.128. The molecule has 0 saturated carbocycles. The van der Waals surface area contributed by atoms with Gasteiger partial charge in [-0.2, -0.15) is 0 Å². The van der Waals surface area contributed by atoms with Crippen molar-refractivity contribution in [1.82, 2.24) is 15.5 Å². The molecule has 0 fully saturated rings. The Bertz CT molecular complexity index is 1120. The van der Waals surface area contributed by atoms with Crippen molar-refractivity contribution in [3.8, 4) is 0 Å². The van der Waals surface area contributed by atoms with Crippen LogP contribution in [0.4, 0.5) is 0 Å². The first kappa shape index (κ1) is 20.8. The van der Waals surface area contributed by atoms with Crippen LogP contribution in [0.5, 0.6) is 0 Å². The fraction of sp³-hybridized carbons (Fsp3) is 0.292. The lowest BCUT2D eigenvalue weighted by Gasteiger charge is -2.27. The van der Waals surface area contributed by atoms with Crippen molar-refractivity contribution in [1.29, 1.82) is 0 Å². The van der Waals surface area contributed by atoms with Crippen LogP contribution < -0.4 is 5.48 Å². The van der Waals surface area contributed by atoms with Crippen LogP contribution in [0.2, 0.25) is 0 Å². The summed E-state index contributed by atoms with van der Waals surface area (Å²) in [6.45, 7) is 4.84. The summed E-state index contributed by atoms with van der Waals surface area (Å²) in [4.78, 5) is 14.9. The minimum absolute atomic E-state index is 0.0336. The molecular weight excluding hydrogens is 390 g/mol. The van der Waals surface area contributed by atoms with Crippen molar-refractivity contribution in [2.75, 3.05) is 6.54 Å². The number of H-pyrrole nitrogens is 1. The number of nitrogens with one attached hydrogen (secondary N) is 2. The van der Waals surface area contributed by atoms with Crippen LogP contribution >= 0.6 is 0 Å². The van der Waals surface area contributed by atoms with Gasteiger partial charge in [0.05, 0.1) is 18.3 Å². The fourth-order valence-electron chi connectivity index (χ4n) is 4.02. The van der Waals surface area contributed by atoms with E-state index in [1.807, 2.05) is 11.1 Å². The largest absolute Gasteiger partial charge is 0.357 e. The Morgan fingerprint density at radius 3 is 2.74 bits per heavy atom. The average molecular weight is 418 g/mol. The third-order valence-corrected chi connectivity index (χ3v) is 5.49. The van der Waals surface area contributed by atoms with Crippen LogP contribution in [0.1, 0.15) is 43.1 Å². The number of amides is 1. The zero-order valence-corrected chi connectivity index (χ0v) is 17.7. The Morgan fingerprint density at radius 2 is 2.00 bits per heavy atom. The number of carbonyl (C=O) groups excluding carboxylic acids is 1. The molecule has 3 N–H and O–H groups in total. The van der Waals surface area contributed by atoms with E-state index in [-0.39, 0.29) is 12.5 Å². The number of carbonyl (C=O) groups is 1. The van der Waals surface area contributed by atoms with Gasteiger partial charge in [0.1, 0.15) is 0 Å². The van der Waals surface area contributed by atoms with E-state index in [1.54, 1.807) is 11.6 Å². The van der Waals surface area contributed by atoms with Gasteiger partial charge >= 0.3 is 0 Å². The predicted octanol–water partition coefficient (Wildman–Crippen LogP) is 4.92. The molecule has 0 saturated heterocycles. The Morgan fingerprint density at radius 1 is 1.19 bits per heavy atom. The van der Waals surface area contributed by atoms with E-state index in [0.29, 0.717) is 12.5 Å². The Kier molecular flexibility index (Phi) is 6.13. The highest BCUT2D eigenvalue weighted by Gasteiger charge is 2.28. The minimum Gasteiger partial charge on any atom is -0.357 e. The van der Waals surface area contributed by atoms with Gasteiger partial charge in [-0.1, -0.05) is 61.5 Å². The molecule has 160 valence electrons. The van der Waals surface area contributed by atoms with Crippen molar-refractivity contribution in [2.24, 2.45) is 16.3 Å². The Labute approximate surface area is 181 Å². The number of fused-ring (bicyclic) bond motifs is 1. The van der Waals surface area contributed by atoms with Crippen LogP contribution in [-0.2, 0) is 11.2 Å². The molecule has 1 unspecified atom stereocenters. The summed E-state index contributed by atoms with van der Waals surface area (Å²) in [6, 6.07) is 19.2. The molecule has 0 aliphatic carbocycles.